The van der Waals surface area contributed by atoms with Crippen LogP contribution in [-0.4, -0.2) is 24.9 Å². The molecular formula is C21H21NO3. The van der Waals surface area contributed by atoms with Crippen LogP contribution in [0.3, 0.4) is 0 Å². The standard InChI is InChI=1S/C21H21NO3/c1-24-16-14-22-13-12-18-19(21(22)23)10-5-11-20(18)25-15-6-9-17-7-3-2-4-8-17/h2-13H,14-16H2,1H3/b9-6+. The van der Waals surface area contributed by atoms with Crippen molar-refractivity contribution in [2.24, 2.45) is 0 Å². The number of aromatic nitrogens is 1. The second-order valence-electron chi connectivity index (χ2n) is 5.65. The van der Waals surface area contributed by atoms with E-state index < -0.39 is 0 Å². The van der Waals surface area contributed by atoms with Crippen molar-refractivity contribution in [3.8, 4) is 5.75 Å². The van der Waals surface area contributed by atoms with Crippen LogP contribution in [0.4, 0.5) is 0 Å². The largest absolute Gasteiger partial charge is 0.489 e. The van der Waals surface area contributed by atoms with Crippen LogP contribution in [0.25, 0.3) is 16.8 Å². The van der Waals surface area contributed by atoms with E-state index in [-0.39, 0.29) is 5.56 Å². The molecule has 1 aromatic heterocycles. The fourth-order valence-corrected chi connectivity index (χ4v) is 2.67. The Hall–Kier alpha value is -2.85. The maximum absolute atomic E-state index is 12.5. The van der Waals surface area contributed by atoms with Gasteiger partial charge < -0.3 is 14.0 Å². The zero-order valence-corrected chi connectivity index (χ0v) is 14.2. The van der Waals surface area contributed by atoms with Gasteiger partial charge in [0, 0.05) is 25.2 Å². The van der Waals surface area contributed by atoms with Crippen LogP contribution in [0, 0.1) is 0 Å². The van der Waals surface area contributed by atoms with Crippen molar-refractivity contribution < 1.29 is 9.47 Å². The van der Waals surface area contributed by atoms with Gasteiger partial charge in [0.05, 0.1) is 12.0 Å². The molecule has 0 radical (unpaired) electrons. The maximum atomic E-state index is 12.5. The van der Waals surface area contributed by atoms with Gasteiger partial charge in [0.15, 0.2) is 0 Å². The van der Waals surface area contributed by atoms with Gasteiger partial charge in [-0.05, 0) is 29.8 Å². The minimum atomic E-state index is -0.0279. The number of rotatable bonds is 7. The van der Waals surface area contributed by atoms with Crippen LogP contribution in [0.5, 0.6) is 5.75 Å². The molecule has 128 valence electrons. The average Bonchev–Trinajstić information content (AvgIpc) is 2.66. The molecule has 3 aromatic rings. The van der Waals surface area contributed by atoms with Crippen molar-refractivity contribution in [3.05, 3.63) is 82.8 Å². The summed E-state index contributed by atoms with van der Waals surface area (Å²) in [4.78, 5) is 12.5. The fraction of sp³-hybridized carbons (Fsp3) is 0.190. The Bertz CT molecular complexity index is 913. The SMILES string of the molecule is COCCn1ccc2c(OC/C=C/c3ccccc3)cccc2c1=O. The second-order valence-corrected chi connectivity index (χ2v) is 5.65. The van der Waals surface area contributed by atoms with Crippen molar-refractivity contribution in [1.82, 2.24) is 4.57 Å². The van der Waals surface area contributed by atoms with Gasteiger partial charge in [-0.2, -0.15) is 0 Å². The van der Waals surface area contributed by atoms with Gasteiger partial charge >= 0.3 is 0 Å². The summed E-state index contributed by atoms with van der Waals surface area (Å²) in [5, 5.41) is 1.48. The van der Waals surface area contributed by atoms with E-state index >= 15 is 0 Å². The van der Waals surface area contributed by atoms with Crippen LogP contribution < -0.4 is 10.3 Å². The van der Waals surface area contributed by atoms with Gasteiger partial charge in [-0.15, -0.1) is 0 Å². The first kappa shape index (κ1) is 17.0. The summed E-state index contributed by atoms with van der Waals surface area (Å²) in [5.74, 6) is 0.714. The molecule has 0 saturated heterocycles. The summed E-state index contributed by atoms with van der Waals surface area (Å²) in [6, 6.07) is 17.5. The van der Waals surface area contributed by atoms with Gasteiger partial charge in [-0.3, -0.25) is 4.79 Å². The molecule has 0 N–H and O–H groups in total. The molecule has 0 spiro atoms. The quantitative estimate of drug-likeness (QED) is 0.660. The van der Waals surface area contributed by atoms with E-state index in [0.29, 0.717) is 30.9 Å². The highest BCUT2D eigenvalue weighted by atomic mass is 16.5. The zero-order valence-electron chi connectivity index (χ0n) is 14.2. The van der Waals surface area contributed by atoms with Crippen molar-refractivity contribution in [2.75, 3.05) is 20.3 Å². The minimum Gasteiger partial charge on any atom is -0.489 e. The molecule has 0 saturated carbocycles. The number of benzene rings is 2. The predicted molar refractivity (Wildman–Crippen MR) is 101 cm³/mol. The summed E-state index contributed by atoms with van der Waals surface area (Å²) in [5.41, 5.74) is 1.10. The molecule has 4 nitrogen and oxygen atoms in total. The Morgan fingerprint density at radius 1 is 1.00 bits per heavy atom. The molecule has 1 heterocycles. The third-order valence-electron chi connectivity index (χ3n) is 3.96. The van der Waals surface area contributed by atoms with Gasteiger partial charge in [-0.1, -0.05) is 42.5 Å². The summed E-state index contributed by atoms with van der Waals surface area (Å²) in [6.07, 6.45) is 5.77. The highest BCUT2D eigenvalue weighted by Gasteiger charge is 2.07. The molecule has 2 aromatic carbocycles. The second kappa shape index (κ2) is 8.31. The van der Waals surface area contributed by atoms with E-state index in [1.54, 1.807) is 17.9 Å². The van der Waals surface area contributed by atoms with E-state index in [1.807, 2.05) is 66.7 Å². The first-order chi connectivity index (χ1) is 12.3. The molecule has 4 heteroatoms. The van der Waals surface area contributed by atoms with Gasteiger partial charge in [0.2, 0.25) is 0 Å². The van der Waals surface area contributed by atoms with Crippen molar-refractivity contribution in [1.29, 1.82) is 0 Å². The maximum Gasteiger partial charge on any atom is 0.258 e. The molecule has 0 aliphatic heterocycles. The molecule has 3 rings (SSSR count). The molecule has 0 atom stereocenters. The van der Waals surface area contributed by atoms with Crippen LogP contribution in [-0.2, 0) is 11.3 Å². The molecular weight excluding hydrogens is 314 g/mol. The Morgan fingerprint density at radius 3 is 2.64 bits per heavy atom. The van der Waals surface area contributed by atoms with E-state index in [1.165, 1.54) is 0 Å². The molecule has 0 aliphatic rings. The van der Waals surface area contributed by atoms with E-state index in [2.05, 4.69) is 0 Å². The lowest BCUT2D eigenvalue weighted by Crippen LogP contribution is -2.21. The summed E-state index contributed by atoms with van der Waals surface area (Å²) >= 11 is 0. The lowest BCUT2D eigenvalue weighted by Gasteiger charge is -2.10. The van der Waals surface area contributed by atoms with Crippen LogP contribution in [0.15, 0.2) is 71.7 Å². The molecule has 0 aliphatic carbocycles. The van der Waals surface area contributed by atoms with Crippen molar-refractivity contribution in [3.63, 3.8) is 0 Å². The third-order valence-corrected chi connectivity index (χ3v) is 3.96. The van der Waals surface area contributed by atoms with E-state index in [0.717, 1.165) is 10.9 Å². The highest BCUT2D eigenvalue weighted by molar-refractivity contribution is 5.87. The number of ether oxygens (including phenoxy) is 2. The molecule has 0 bridgehead atoms. The smallest absolute Gasteiger partial charge is 0.258 e. The van der Waals surface area contributed by atoms with E-state index in [9.17, 15) is 4.79 Å². The van der Waals surface area contributed by atoms with Crippen molar-refractivity contribution >= 4 is 16.8 Å². The Labute approximate surface area is 146 Å². The summed E-state index contributed by atoms with van der Waals surface area (Å²) in [7, 11) is 1.63. The third kappa shape index (κ3) is 4.17. The number of hydrogen-bond donors (Lipinski definition) is 0. The Kier molecular flexibility index (Phi) is 5.65. The average molecular weight is 335 g/mol. The fourth-order valence-electron chi connectivity index (χ4n) is 2.67. The monoisotopic (exact) mass is 335 g/mol. The Morgan fingerprint density at radius 2 is 1.84 bits per heavy atom. The van der Waals surface area contributed by atoms with Crippen LogP contribution >= 0.6 is 0 Å². The molecule has 25 heavy (non-hydrogen) atoms. The minimum absolute atomic E-state index is 0.0279. The van der Waals surface area contributed by atoms with Gasteiger partial charge in [-0.25, -0.2) is 0 Å². The summed E-state index contributed by atoms with van der Waals surface area (Å²) < 4.78 is 12.6. The molecule has 0 unspecified atom stereocenters. The van der Waals surface area contributed by atoms with Crippen LogP contribution in [0.1, 0.15) is 5.56 Å². The first-order valence-electron chi connectivity index (χ1n) is 8.25. The lowest BCUT2D eigenvalue weighted by atomic mass is 10.1. The lowest BCUT2D eigenvalue weighted by molar-refractivity contribution is 0.186. The number of hydrogen-bond acceptors (Lipinski definition) is 3. The predicted octanol–water partition coefficient (Wildman–Crippen LogP) is 3.74. The van der Waals surface area contributed by atoms with Crippen molar-refractivity contribution in [2.45, 2.75) is 6.54 Å². The zero-order chi connectivity index (χ0) is 17.5. The molecule has 0 fully saturated rings. The number of methoxy groups -OCH3 is 1. The summed E-state index contributed by atoms with van der Waals surface area (Å²) in [6.45, 7) is 1.49. The van der Waals surface area contributed by atoms with E-state index in [4.69, 9.17) is 9.47 Å². The number of pyridine rings is 1. The number of fused-ring (bicyclic) bond motifs is 1. The molecule has 0 amide bonds. The highest BCUT2D eigenvalue weighted by Crippen LogP contribution is 2.23. The normalized spacial score (nSPS) is 11.2. The topological polar surface area (TPSA) is 40.5 Å². The van der Waals surface area contributed by atoms with Crippen LogP contribution in [0.2, 0.25) is 0 Å². The first-order valence-corrected chi connectivity index (χ1v) is 8.25. The van der Waals surface area contributed by atoms with Gasteiger partial charge in [0.25, 0.3) is 5.56 Å². The Balaban J connectivity index is 1.77. The number of nitrogens with zero attached hydrogens (tertiary/aromatic N) is 1. The van der Waals surface area contributed by atoms with Gasteiger partial charge in [0.1, 0.15) is 12.4 Å².